The first kappa shape index (κ1) is 11.7. The number of benzene rings is 1. The molecule has 0 saturated heterocycles. The Balaban J connectivity index is 2.64. The number of nitrogens with two attached hydrogens (primary N) is 1. The number of rotatable bonds is 2. The molecule has 0 bridgehead atoms. The van der Waals surface area contributed by atoms with Gasteiger partial charge in [0, 0.05) is 12.8 Å². The average molecular weight is 249 g/mol. The predicted octanol–water partition coefficient (Wildman–Crippen LogP) is 3.17. The normalized spacial score (nSPS) is 11.8. The summed E-state index contributed by atoms with van der Waals surface area (Å²) in [5.41, 5.74) is 6.62. The second-order valence-electron chi connectivity index (χ2n) is 2.60. The van der Waals surface area contributed by atoms with Gasteiger partial charge in [-0.25, -0.2) is 0 Å². The van der Waals surface area contributed by atoms with Crippen LogP contribution in [0.3, 0.4) is 0 Å². The molecular weight excluding hydrogens is 239 g/mol. The van der Waals surface area contributed by atoms with E-state index in [1.807, 2.05) is 12.1 Å². The molecule has 0 radical (unpaired) electrons. The predicted molar refractivity (Wildman–Crippen MR) is 65.3 cm³/mol. The van der Waals surface area contributed by atoms with Crippen LogP contribution in [0.2, 0.25) is 10.0 Å². The molecule has 1 aromatic carbocycles. The summed E-state index contributed by atoms with van der Waals surface area (Å²) >= 11 is 13.1. The maximum absolute atomic E-state index is 5.86. The Morgan fingerprint density at radius 2 is 2.14 bits per heavy atom. The molecule has 14 heavy (non-hydrogen) atoms. The molecule has 0 heterocycles. The lowest BCUT2D eigenvalue weighted by Gasteiger charge is -2.02. The van der Waals surface area contributed by atoms with E-state index in [0.717, 1.165) is 11.3 Å². The zero-order valence-electron chi connectivity index (χ0n) is 7.63. The van der Waals surface area contributed by atoms with Crippen molar-refractivity contribution in [3.63, 3.8) is 0 Å². The van der Waals surface area contributed by atoms with Crippen LogP contribution in [-0.2, 0) is 5.75 Å². The van der Waals surface area contributed by atoms with Crippen LogP contribution >= 0.6 is 35.0 Å². The highest BCUT2D eigenvalue weighted by Gasteiger charge is 2.00. The summed E-state index contributed by atoms with van der Waals surface area (Å²) in [6.45, 7) is 0. The molecule has 0 amide bonds. The van der Waals surface area contributed by atoms with Gasteiger partial charge in [0.2, 0.25) is 0 Å². The fourth-order valence-corrected chi connectivity index (χ4v) is 1.80. The van der Waals surface area contributed by atoms with Crippen molar-refractivity contribution in [2.75, 3.05) is 7.05 Å². The van der Waals surface area contributed by atoms with Gasteiger partial charge in [-0.3, -0.25) is 4.99 Å². The van der Waals surface area contributed by atoms with Crippen LogP contribution in [0.5, 0.6) is 0 Å². The average Bonchev–Trinajstić information content (AvgIpc) is 2.19. The zero-order valence-corrected chi connectivity index (χ0v) is 9.96. The van der Waals surface area contributed by atoms with E-state index in [1.165, 1.54) is 11.8 Å². The topological polar surface area (TPSA) is 38.4 Å². The van der Waals surface area contributed by atoms with Crippen LogP contribution in [0.4, 0.5) is 0 Å². The van der Waals surface area contributed by atoms with E-state index in [9.17, 15) is 0 Å². The van der Waals surface area contributed by atoms with Crippen molar-refractivity contribution in [2.24, 2.45) is 10.7 Å². The molecule has 0 aliphatic carbocycles. The van der Waals surface area contributed by atoms with E-state index in [4.69, 9.17) is 28.9 Å². The quantitative estimate of drug-likeness (QED) is 0.645. The van der Waals surface area contributed by atoms with E-state index in [0.29, 0.717) is 15.2 Å². The van der Waals surface area contributed by atoms with E-state index in [-0.39, 0.29) is 0 Å². The Hall–Kier alpha value is -0.380. The maximum Gasteiger partial charge on any atom is 0.153 e. The highest BCUT2D eigenvalue weighted by Crippen LogP contribution is 2.24. The lowest BCUT2D eigenvalue weighted by Crippen LogP contribution is -2.05. The summed E-state index contributed by atoms with van der Waals surface area (Å²) in [5.74, 6) is 0.750. The summed E-state index contributed by atoms with van der Waals surface area (Å²) in [7, 11) is 1.66. The van der Waals surface area contributed by atoms with E-state index >= 15 is 0 Å². The van der Waals surface area contributed by atoms with E-state index < -0.39 is 0 Å². The minimum absolute atomic E-state index is 0.566. The van der Waals surface area contributed by atoms with Crippen molar-refractivity contribution < 1.29 is 0 Å². The summed E-state index contributed by atoms with van der Waals surface area (Å²) in [6, 6.07) is 5.53. The Labute approximate surface area is 97.5 Å². The van der Waals surface area contributed by atoms with Crippen LogP contribution in [0, 0.1) is 0 Å². The van der Waals surface area contributed by atoms with Crippen molar-refractivity contribution in [2.45, 2.75) is 5.75 Å². The van der Waals surface area contributed by atoms with Gasteiger partial charge in [-0.1, -0.05) is 41.0 Å². The van der Waals surface area contributed by atoms with Crippen LogP contribution in [0.15, 0.2) is 23.2 Å². The summed E-state index contributed by atoms with van der Waals surface area (Å²) in [6.07, 6.45) is 0. The maximum atomic E-state index is 5.86. The van der Waals surface area contributed by atoms with Crippen molar-refractivity contribution in [3.8, 4) is 0 Å². The summed E-state index contributed by atoms with van der Waals surface area (Å²) in [5, 5.41) is 1.70. The molecule has 76 valence electrons. The number of hydrogen-bond acceptors (Lipinski definition) is 2. The lowest BCUT2D eigenvalue weighted by atomic mass is 10.2. The Morgan fingerprint density at radius 3 is 2.71 bits per heavy atom. The van der Waals surface area contributed by atoms with E-state index in [2.05, 4.69) is 4.99 Å². The van der Waals surface area contributed by atoms with Gasteiger partial charge in [-0.15, -0.1) is 0 Å². The third-order valence-electron chi connectivity index (χ3n) is 1.59. The Bertz CT molecular complexity index is 353. The minimum atomic E-state index is 0.566. The van der Waals surface area contributed by atoms with Gasteiger partial charge in [-0.2, -0.15) is 0 Å². The molecular formula is C9H10Cl2N2S. The van der Waals surface area contributed by atoms with Gasteiger partial charge >= 0.3 is 0 Å². The van der Waals surface area contributed by atoms with Gasteiger partial charge in [0.05, 0.1) is 10.0 Å². The number of hydrogen-bond donors (Lipinski definition) is 1. The van der Waals surface area contributed by atoms with Crippen LogP contribution < -0.4 is 5.73 Å². The number of thioether (sulfide) groups is 1. The van der Waals surface area contributed by atoms with Gasteiger partial charge in [0.15, 0.2) is 5.17 Å². The third-order valence-corrected chi connectivity index (χ3v) is 3.29. The smallest absolute Gasteiger partial charge is 0.153 e. The van der Waals surface area contributed by atoms with Crippen molar-refractivity contribution in [3.05, 3.63) is 33.8 Å². The van der Waals surface area contributed by atoms with Gasteiger partial charge in [0.25, 0.3) is 0 Å². The van der Waals surface area contributed by atoms with Gasteiger partial charge in [-0.05, 0) is 17.7 Å². The summed E-state index contributed by atoms with van der Waals surface area (Å²) in [4.78, 5) is 3.84. The second kappa shape index (κ2) is 5.49. The third kappa shape index (κ3) is 3.40. The standard InChI is InChI=1S/C9H10Cl2N2S/c1-13-9(12)14-5-6-2-3-7(10)8(11)4-6/h2-4H,5H2,1H3,(H2,12,13). The molecule has 1 aromatic rings. The molecule has 0 aliphatic rings. The van der Waals surface area contributed by atoms with Crippen LogP contribution in [0.25, 0.3) is 0 Å². The highest BCUT2D eigenvalue weighted by molar-refractivity contribution is 8.13. The molecule has 0 unspecified atom stereocenters. The first-order valence-corrected chi connectivity index (χ1v) is 5.66. The lowest BCUT2D eigenvalue weighted by molar-refractivity contribution is 1.41. The Morgan fingerprint density at radius 1 is 1.43 bits per heavy atom. The highest BCUT2D eigenvalue weighted by atomic mass is 35.5. The van der Waals surface area contributed by atoms with Gasteiger partial charge < -0.3 is 5.73 Å². The number of nitrogens with zero attached hydrogens (tertiary/aromatic N) is 1. The zero-order chi connectivity index (χ0) is 10.6. The molecule has 0 aliphatic heterocycles. The molecule has 0 fully saturated rings. The molecule has 0 atom stereocenters. The van der Waals surface area contributed by atoms with Gasteiger partial charge in [0.1, 0.15) is 0 Å². The molecule has 2 nitrogen and oxygen atoms in total. The van der Waals surface area contributed by atoms with Crippen molar-refractivity contribution in [1.29, 1.82) is 0 Å². The SMILES string of the molecule is CN=C(N)SCc1ccc(Cl)c(Cl)c1. The van der Waals surface area contributed by atoms with Crippen LogP contribution in [0.1, 0.15) is 5.56 Å². The molecule has 0 aromatic heterocycles. The summed E-state index contributed by atoms with van der Waals surface area (Å²) < 4.78 is 0. The largest absolute Gasteiger partial charge is 0.379 e. The molecule has 1 rings (SSSR count). The first-order chi connectivity index (χ1) is 6.63. The molecule has 2 N–H and O–H groups in total. The van der Waals surface area contributed by atoms with Crippen molar-refractivity contribution >= 4 is 40.1 Å². The Kier molecular flexibility index (Phi) is 4.58. The molecule has 0 saturated carbocycles. The fourth-order valence-electron chi connectivity index (χ4n) is 0.851. The molecule has 0 spiro atoms. The molecule has 5 heteroatoms. The number of aliphatic imine (C=N–C) groups is 1. The second-order valence-corrected chi connectivity index (χ2v) is 4.41. The van der Waals surface area contributed by atoms with E-state index in [1.54, 1.807) is 13.1 Å². The number of halogens is 2. The van der Waals surface area contributed by atoms with Crippen molar-refractivity contribution in [1.82, 2.24) is 0 Å². The van der Waals surface area contributed by atoms with Crippen LogP contribution in [-0.4, -0.2) is 12.2 Å². The monoisotopic (exact) mass is 248 g/mol. The first-order valence-electron chi connectivity index (χ1n) is 3.92. The minimum Gasteiger partial charge on any atom is -0.379 e. The fraction of sp³-hybridized carbons (Fsp3) is 0.222. The number of amidine groups is 1.